The standard InChI is InChI=1S/C13H17BrN2O/c1-2-13(6-3-7-13)16-12(17)10-5-4-9(14)8-11(10)15/h4-5,8H,2-3,6-7,15H2,1H3,(H,16,17). The van der Waals surface area contributed by atoms with Gasteiger partial charge < -0.3 is 11.1 Å². The highest BCUT2D eigenvalue weighted by atomic mass is 79.9. The number of benzene rings is 1. The van der Waals surface area contributed by atoms with Crippen LogP contribution in [0.1, 0.15) is 43.0 Å². The number of nitrogen functional groups attached to an aromatic ring is 1. The molecule has 0 atom stereocenters. The average Bonchev–Trinajstić information content (AvgIpc) is 2.23. The normalized spacial score (nSPS) is 17.3. The molecule has 0 heterocycles. The maximum Gasteiger partial charge on any atom is 0.253 e. The summed E-state index contributed by atoms with van der Waals surface area (Å²) in [5.41, 5.74) is 6.94. The minimum atomic E-state index is -0.0587. The van der Waals surface area contributed by atoms with E-state index < -0.39 is 0 Å². The van der Waals surface area contributed by atoms with Crippen LogP contribution in [0.4, 0.5) is 5.69 Å². The second-order valence-electron chi connectivity index (χ2n) is 4.67. The Morgan fingerprint density at radius 3 is 2.71 bits per heavy atom. The van der Waals surface area contributed by atoms with Crippen LogP contribution in [0.2, 0.25) is 0 Å². The molecule has 3 N–H and O–H groups in total. The number of hydrogen-bond donors (Lipinski definition) is 2. The van der Waals surface area contributed by atoms with Crippen LogP contribution in [-0.4, -0.2) is 11.4 Å². The van der Waals surface area contributed by atoms with E-state index in [1.807, 2.05) is 6.07 Å². The number of carbonyl (C=O) groups excluding carboxylic acids is 1. The molecule has 0 spiro atoms. The van der Waals surface area contributed by atoms with Gasteiger partial charge in [0.25, 0.3) is 5.91 Å². The van der Waals surface area contributed by atoms with Gasteiger partial charge in [-0.2, -0.15) is 0 Å². The van der Waals surface area contributed by atoms with Crippen LogP contribution >= 0.6 is 15.9 Å². The van der Waals surface area contributed by atoms with Crippen molar-refractivity contribution in [3.05, 3.63) is 28.2 Å². The highest BCUT2D eigenvalue weighted by Crippen LogP contribution is 2.35. The Hall–Kier alpha value is -1.03. The first kappa shape index (κ1) is 12.4. The zero-order valence-corrected chi connectivity index (χ0v) is 11.5. The van der Waals surface area contributed by atoms with Gasteiger partial charge in [-0.15, -0.1) is 0 Å². The van der Waals surface area contributed by atoms with Gasteiger partial charge >= 0.3 is 0 Å². The summed E-state index contributed by atoms with van der Waals surface area (Å²) in [6.07, 6.45) is 4.33. The van der Waals surface area contributed by atoms with Gasteiger partial charge in [-0.3, -0.25) is 4.79 Å². The van der Waals surface area contributed by atoms with E-state index in [1.165, 1.54) is 6.42 Å². The first-order valence-electron chi connectivity index (χ1n) is 5.94. The van der Waals surface area contributed by atoms with Gasteiger partial charge in [0, 0.05) is 15.7 Å². The zero-order chi connectivity index (χ0) is 12.5. The number of halogens is 1. The highest BCUT2D eigenvalue weighted by Gasteiger charge is 2.36. The maximum absolute atomic E-state index is 12.1. The third-order valence-corrected chi connectivity index (χ3v) is 4.12. The summed E-state index contributed by atoms with van der Waals surface area (Å²) in [4.78, 5) is 12.1. The maximum atomic E-state index is 12.1. The van der Waals surface area contributed by atoms with E-state index in [2.05, 4.69) is 28.2 Å². The van der Waals surface area contributed by atoms with E-state index in [9.17, 15) is 4.79 Å². The van der Waals surface area contributed by atoms with Gasteiger partial charge in [0.05, 0.1) is 5.56 Å². The minimum absolute atomic E-state index is 0.0105. The lowest BCUT2D eigenvalue weighted by atomic mass is 9.74. The molecule has 1 aliphatic rings. The van der Waals surface area contributed by atoms with E-state index >= 15 is 0 Å². The molecule has 0 aliphatic heterocycles. The predicted molar refractivity (Wildman–Crippen MR) is 72.9 cm³/mol. The number of hydrogen-bond acceptors (Lipinski definition) is 2. The molecule has 3 nitrogen and oxygen atoms in total. The topological polar surface area (TPSA) is 55.1 Å². The summed E-state index contributed by atoms with van der Waals surface area (Å²) >= 11 is 3.33. The second-order valence-corrected chi connectivity index (χ2v) is 5.59. The summed E-state index contributed by atoms with van der Waals surface area (Å²) in [5.74, 6) is -0.0587. The number of nitrogens with one attached hydrogen (secondary N) is 1. The first-order valence-corrected chi connectivity index (χ1v) is 6.73. The van der Waals surface area contributed by atoms with Crippen molar-refractivity contribution < 1.29 is 4.79 Å². The Balaban J connectivity index is 2.14. The fraction of sp³-hybridized carbons (Fsp3) is 0.462. The third-order valence-electron chi connectivity index (χ3n) is 3.62. The number of rotatable bonds is 3. The van der Waals surface area contributed by atoms with Crippen molar-refractivity contribution in [2.24, 2.45) is 0 Å². The molecule has 17 heavy (non-hydrogen) atoms. The third kappa shape index (κ3) is 2.46. The van der Waals surface area contributed by atoms with Crippen LogP contribution in [0.5, 0.6) is 0 Å². The Morgan fingerprint density at radius 2 is 2.24 bits per heavy atom. The van der Waals surface area contributed by atoms with E-state index in [1.54, 1.807) is 12.1 Å². The summed E-state index contributed by atoms with van der Waals surface area (Å²) in [6.45, 7) is 2.12. The molecule has 2 rings (SSSR count). The van der Waals surface area contributed by atoms with Crippen LogP contribution in [0.15, 0.2) is 22.7 Å². The van der Waals surface area contributed by atoms with Gasteiger partial charge in [0.15, 0.2) is 0 Å². The van der Waals surface area contributed by atoms with Crippen molar-refractivity contribution in [3.8, 4) is 0 Å². The lowest BCUT2D eigenvalue weighted by Gasteiger charge is -2.42. The smallest absolute Gasteiger partial charge is 0.253 e. The molecule has 1 fully saturated rings. The quantitative estimate of drug-likeness (QED) is 0.842. The van der Waals surface area contributed by atoms with Crippen LogP contribution in [0.25, 0.3) is 0 Å². The summed E-state index contributed by atoms with van der Waals surface area (Å²) in [5, 5.41) is 3.12. The SMILES string of the molecule is CCC1(NC(=O)c2ccc(Br)cc2N)CCC1. The fourth-order valence-electron chi connectivity index (χ4n) is 2.22. The highest BCUT2D eigenvalue weighted by molar-refractivity contribution is 9.10. The number of carbonyl (C=O) groups is 1. The fourth-order valence-corrected chi connectivity index (χ4v) is 2.60. The van der Waals surface area contributed by atoms with E-state index in [-0.39, 0.29) is 11.4 Å². The van der Waals surface area contributed by atoms with Crippen LogP contribution in [0.3, 0.4) is 0 Å². The van der Waals surface area contributed by atoms with Gasteiger partial charge in [-0.05, 0) is 43.9 Å². The summed E-state index contributed by atoms with van der Waals surface area (Å²) < 4.78 is 0.889. The molecule has 1 aliphatic carbocycles. The van der Waals surface area contributed by atoms with Crippen LogP contribution in [-0.2, 0) is 0 Å². The first-order chi connectivity index (χ1) is 8.06. The molecule has 4 heteroatoms. The molecule has 0 saturated heterocycles. The van der Waals surface area contributed by atoms with E-state index in [4.69, 9.17) is 5.73 Å². The van der Waals surface area contributed by atoms with Crippen LogP contribution in [0, 0.1) is 0 Å². The second kappa shape index (κ2) is 4.69. The molecule has 1 aromatic carbocycles. The minimum Gasteiger partial charge on any atom is -0.398 e. The monoisotopic (exact) mass is 296 g/mol. The van der Waals surface area contributed by atoms with Gasteiger partial charge in [0.2, 0.25) is 0 Å². The van der Waals surface area contributed by atoms with Gasteiger partial charge in [0.1, 0.15) is 0 Å². The Bertz CT molecular complexity index is 436. The van der Waals surface area contributed by atoms with Crippen molar-refractivity contribution in [3.63, 3.8) is 0 Å². The molecule has 1 aromatic rings. The number of nitrogens with two attached hydrogens (primary N) is 1. The van der Waals surface area contributed by atoms with E-state index in [0.29, 0.717) is 11.3 Å². The largest absolute Gasteiger partial charge is 0.398 e. The van der Waals surface area contributed by atoms with Crippen molar-refractivity contribution in [1.82, 2.24) is 5.32 Å². The lowest BCUT2D eigenvalue weighted by molar-refractivity contribution is 0.0821. The summed E-state index contributed by atoms with van der Waals surface area (Å²) in [6, 6.07) is 5.36. The van der Waals surface area contributed by atoms with Crippen molar-refractivity contribution in [2.75, 3.05) is 5.73 Å². The molecule has 1 amide bonds. The van der Waals surface area contributed by atoms with Crippen LogP contribution < -0.4 is 11.1 Å². The zero-order valence-electron chi connectivity index (χ0n) is 9.92. The molecule has 0 radical (unpaired) electrons. The molecule has 92 valence electrons. The Labute approximate surface area is 110 Å². The van der Waals surface area contributed by atoms with Crippen molar-refractivity contribution >= 4 is 27.5 Å². The molecular formula is C13H17BrN2O. The van der Waals surface area contributed by atoms with Gasteiger partial charge in [-0.1, -0.05) is 22.9 Å². The Kier molecular flexibility index (Phi) is 3.43. The van der Waals surface area contributed by atoms with E-state index in [0.717, 1.165) is 23.7 Å². The summed E-state index contributed by atoms with van der Waals surface area (Å²) in [7, 11) is 0. The molecule has 0 unspecified atom stereocenters. The van der Waals surface area contributed by atoms with Crippen molar-refractivity contribution in [2.45, 2.75) is 38.1 Å². The molecular weight excluding hydrogens is 280 g/mol. The Morgan fingerprint density at radius 1 is 1.53 bits per heavy atom. The number of amides is 1. The van der Waals surface area contributed by atoms with Crippen molar-refractivity contribution in [1.29, 1.82) is 0 Å². The molecule has 1 saturated carbocycles. The lowest BCUT2D eigenvalue weighted by Crippen LogP contribution is -2.53. The predicted octanol–water partition coefficient (Wildman–Crippen LogP) is 3.09. The average molecular weight is 297 g/mol. The van der Waals surface area contributed by atoms with Gasteiger partial charge in [-0.25, -0.2) is 0 Å². The number of anilines is 1. The molecule has 0 bridgehead atoms. The molecule has 0 aromatic heterocycles.